The van der Waals surface area contributed by atoms with Crippen molar-refractivity contribution in [1.29, 1.82) is 0 Å². The highest BCUT2D eigenvalue weighted by Gasteiger charge is 2.30. The zero-order valence-electron chi connectivity index (χ0n) is 13.1. The molecule has 0 N–H and O–H groups in total. The van der Waals surface area contributed by atoms with E-state index in [9.17, 15) is 4.79 Å². The molecule has 1 aromatic rings. The molecule has 0 saturated carbocycles. The average molecular weight is 291 g/mol. The molecule has 0 aliphatic carbocycles. The van der Waals surface area contributed by atoms with Gasteiger partial charge in [0.1, 0.15) is 6.61 Å². The first kappa shape index (κ1) is 15.8. The zero-order valence-corrected chi connectivity index (χ0v) is 13.1. The lowest BCUT2D eigenvalue weighted by Gasteiger charge is -2.37. The topological polar surface area (TPSA) is 38.8 Å². The Hall–Kier alpha value is -1.55. The van der Waals surface area contributed by atoms with E-state index in [2.05, 4.69) is 6.92 Å². The summed E-state index contributed by atoms with van der Waals surface area (Å²) in [5.74, 6) is 0. The number of benzene rings is 1. The molecule has 0 bridgehead atoms. The van der Waals surface area contributed by atoms with E-state index in [1.165, 1.54) is 0 Å². The van der Waals surface area contributed by atoms with Crippen LogP contribution in [-0.2, 0) is 16.1 Å². The van der Waals surface area contributed by atoms with Crippen molar-refractivity contribution in [1.82, 2.24) is 4.90 Å². The van der Waals surface area contributed by atoms with Gasteiger partial charge in [-0.2, -0.15) is 0 Å². The first-order valence-electron chi connectivity index (χ1n) is 7.69. The third-order valence-corrected chi connectivity index (χ3v) is 3.73. The van der Waals surface area contributed by atoms with Gasteiger partial charge in [-0.1, -0.05) is 30.3 Å². The van der Waals surface area contributed by atoms with Crippen molar-refractivity contribution in [2.45, 2.75) is 58.5 Å². The summed E-state index contributed by atoms with van der Waals surface area (Å²) in [6, 6.07) is 9.91. The van der Waals surface area contributed by atoms with Gasteiger partial charge in [-0.15, -0.1) is 0 Å². The molecule has 1 aliphatic rings. The number of ether oxygens (including phenoxy) is 2. The lowest BCUT2D eigenvalue weighted by Crippen LogP contribution is -2.47. The molecule has 1 saturated heterocycles. The molecule has 2 rings (SSSR count). The second kappa shape index (κ2) is 7.46. The fourth-order valence-electron chi connectivity index (χ4n) is 2.71. The third kappa shape index (κ3) is 4.74. The van der Waals surface area contributed by atoms with Crippen molar-refractivity contribution < 1.29 is 14.3 Å². The van der Waals surface area contributed by atoms with Gasteiger partial charge >= 0.3 is 6.09 Å². The van der Waals surface area contributed by atoms with Gasteiger partial charge in [-0.25, -0.2) is 4.79 Å². The highest BCUT2D eigenvalue weighted by molar-refractivity contribution is 5.68. The minimum atomic E-state index is -0.227. The van der Waals surface area contributed by atoms with Crippen molar-refractivity contribution in [3.05, 3.63) is 35.9 Å². The summed E-state index contributed by atoms with van der Waals surface area (Å²) in [7, 11) is 0. The normalized spacial score (nSPS) is 22.4. The molecular weight excluding hydrogens is 266 g/mol. The first-order chi connectivity index (χ1) is 10.1. The number of likely N-dealkylation sites (tertiary alicyclic amines) is 1. The van der Waals surface area contributed by atoms with Crippen LogP contribution in [-0.4, -0.2) is 35.8 Å². The summed E-state index contributed by atoms with van der Waals surface area (Å²) in [5, 5.41) is 0. The van der Waals surface area contributed by atoms with Crippen LogP contribution in [0.3, 0.4) is 0 Å². The van der Waals surface area contributed by atoms with E-state index in [0.29, 0.717) is 13.2 Å². The predicted molar refractivity (Wildman–Crippen MR) is 82.0 cm³/mol. The summed E-state index contributed by atoms with van der Waals surface area (Å²) in [4.78, 5) is 14.0. The maximum Gasteiger partial charge on any atom is 0.410 e. The standard InChI is InChI=1S/C17H25NO3/c1-13(2)21-16-9-10-18(14(3)11-16)17(19)20-12-15-7-5-4-6-8-15/h4-8,13-14,16H,9-12H2,1-3H3/t14-,16-/m1/s1. The lowest BCUT2D eigenvalue weighted by atomic mass is 10.0. The van der Waals surface area contributed by atoms with Crippen molar-refractivity contribution in [2.24, 2.45) is 0 Å². The van der Waals surface area contributed by atoms with Crippen molar-refractivity contribution in [3.8, 4) is 0 Å². The number of amides is 1. The molecule has 21 heavy (non-hydrogen) atoms. The van der Waals surface area contributed by atoms with Gasteiger partial charge in [0, 0.05) is 12.6 Å². The number of carbonyl (C=O) groups is 1. The Morgan fingerprint density at radius 1 is 1.33 bits per heavy atom. The predicted octanol–water partition coefficient (Wildman–Crippen LogP) is 3.60. The minimum absolute atomic E-state index is 0.158. The summed E-state index contributed by atoms with van der Waals surface area (Å²) < 4.78 is 11.2. The van der Waals surface area contributed by atoms with E-state index in [1.807, 2.05) is 49.1 Å². The molecule has 1 amide bonds. The van der Waals surface area contributed by atoms with E-state index in [1.54, 1.807) is 0 Å². The smallest absolute Gasteiger partial charge is 0.410 e. The molecule has 0 aromatic heterocycles. The highest BCUT2D eigenvalue weighted by atomic mass is 16.6. The fraction of sp³-hybridized carbons (Fsp3) is 0.588. The second-order valence-corrected chi connectivity index (χ2v) is 5.91. The molecule has 0 spiro atoms. The fourth-order valence-corrected chi connectivity index (χ4v) is 2.71. The average Bonchev–Trinajstić information content (AvgIpc) is 2.45. The Morgan fingerprint density at radius 2 is 2.05 bits per heavy atom. The van der Waals surface area contributed by atoms with Crippen molar-refractivity contribution in [3.63, 3.8) is 0 Å². The molecule has 1 fully saturated rings. The van der Waals surface area contributed by atoms with Gasteiger partial charge < -0.3 is 14.4 Å². The zero-order chi connectivity index (χ0) is 15.2. The Balaban J connectivity index is 1.81. The second-order valence-electron chi connectivity index (χ2n) is 5.91. The third-order valence-electron chi connectivity index (χ3n) is 3.73. The number of hydrogen-bond acceptors (Lipinski definition) is 3. The Kier molecular flexibility index (Phi) is 5.62. The summed E-state index contributed by atoms with van der Waals surface area (Å²) in [5.41, 5.74) is 1.01. The Bertz CT molecular complexity index is 447. The van der Waals surface area contributed by atoms with Crippen LogP contribution in [0.25, 0.3) is 0 Å². The van der Waals surface area contributed by atoms with Crippen LogP contribution in [0.4, 0.5) is 4.79 Å². The van der Waals surface area contributed by atoms with Crippen LogP contribution in [0.5, 0.6) is 0 Å². The summed E-state index contributed by atoms with van der Waals surface area (Å²) in [6.07, 6.45) is 2.01. The Morgan fingerprint density at radius 3 is 2.67 bits per heavy atom. The van der Waals surface area contributed by atoms with Crippen LogP contribution in [0.2, 0.25) is 0 Å². The van der Waals surface area contributed by atoms with Crippen LogP contribution >= 0.6 is 0 Å². The van der Waals surface area contributed by atoms with E-state index >= 15 is 0 Å². The molecule has 2 atom stereocenters. The van der Waals surface area contributed by atoms with Crippen LogP contribution in [0, 0.1) is 0 Å². The van der Waals surface area contributed by atoms with Gasteiger partial charge in [0.25, 0.3) is 0 Å². The SMILES string of the molecule is CC(C)O[C@@H]1CCN(C(=O)OCc2ccccc2)[C@H](C)C1. The largest absolute Gasteiger partial charge is 0.445 e. The van der Waals surface area contributed by atoms with E-state index < -0.39 is 0 Å². The van der Waals surface area contributed by atoms with Gasteiger partial charge in [0.2, 0.25) is 0 Å². The number of nitrogens with zero attached hydrogens (tertiary/aromatic N) is 1. The quantitative estimate of drug-likeness (QED) is 0.850. The molecule has 4 nitrogen and oxygen atoms in total. The molecule has 1 aromatic carbocycles. The van der Waals surface area contributed by atoms with E-state index in [0.717, 1.165) is 18.4 Å². The molecule has 116 valence electrons. The molecule has 1 aliphatic heterocycles. The number of rotatable bonds is 4. The maximum atomic E-state index is 12.2. The lowest BCUT2D eigenvalue weighted by molar-refractivity contribution is -0.0400. The number of carbonyl (C=O) groups excluding carboxylic acids is 1. The highest BCUT2D eigenvalue weighted by Crippen LogP contribution is 2.22. The van der Waals surface area contributed by atoms with Gasteiger partial charge in [-0.3, -0.25) is 0 Å². The van der Waals surface area contributed by atoms with Gasteiger partial charge in [-0.05, 0) is 39.2 Å². The maximum absolute atomic E-state index is 12.2. The number of piperidine rings is 1. The molecule has 1 heterocycles. The molecule has 0 unspecified atom stereocenters. The van der Waals surface area contributed by atoms with Crippen molar-refractivity contribution in [2.75, 3.05) is 6.54 Å². The van der Waals surface area contributed by atoms with Gasteiger partial charge in [0.15, 0.2) is 0 Å². The van der Waals surface area contributed by atoms with E-state index in [4.69, 9.17) is 9.47 Å². The van der Waals surface area contributed by atoms with Crippen LogP contribution in [0.1, 0.15) is 39.2 Å². The van der Waals surface area contributed by atoms with Gasteiger partial charge in [0.05, 0.1) is 12.2 Å². The monoisotopic (exact) mass is 291 g/mol. The first-order valence-corrected chi connectivity index (χ1v) is 7.69. The van der Waals surface area contributed by atoms with Crippen LogP contribution < -0.4 is 0 Å². The molecular formula is C17H25NO3. The summed E-state index contributed by atoms with van der Waals surface area (Å²) >= 11 is 0. The summed E-state index contributed by atoms with van der Waals surface area (Å²) in [6.45, 7) is 7.18. The molecule has 4 heteroatoms. The van der Waals surface area contributed by atoms with Crippen LogP contribution in [0.15, 0.2) is 30.3 Å². The minimum Gasteiger partial charge on any atom is -0.445 e. The van der Waals surface area contributed by atoms with Crippen molar-refractivity contribution >= 4 is 6.09 Å². The number of hydrogen-bond donors (Lipinski definition) is 0. The Labute approximate surface area is 127 Å². The molecule has 0 radical (unpaired) electrons. The van der Waals surface area contributed by atoms with E-state index in [-0.39, 0.29) is 24.3 Å².